The van der Waals surface area contributed by atoms with Crippen LogP contribution >= 0.6 is 0 Å². The van der Waals surface area contributed by atoms with Crippen molar-refractivity contribution < 1.29 is 4.74 Å². The van der Waals surface area contributed by atoms with Gasteiger partial charge in [0.25, 0.3) is 0 Å². The Labute approximate surface area is 129 Å². The fraction of sp³-hybridized carbons (Fsp3) is 0.667. The smallest absolute Gasteiger partial charge is 0.0720 e. The van der Waals surface area contributed by atoms with Gasteiger partial charge in [0.05, 0.1) is 12.7 Å². The van der Waals surface area contributed by atoms with Crippen molar-refractivity contribution in [2.24, 2.45) is 5.92 Å². The first-order valence-corrected chi connectivity index (χ1v) is 8.33. The molecule has 0 unspecified atom stereocenters. The lowest BCUT2D eigenvalue weighted by Gasteiger charge is -2.35. The zero-order valence-electron chi connectivity index (χ0n) is 13.5. The summed E-state index contributed by atoms with van der Waals surface area (Å²) in [5.41, 5.74) is 1.27. The van der Waals surface area contributed by atoms with Crippen molar-refractivity contribution in [3.8, 4) is 0 Å². The van der Waals surface area contributed by atoms with E-state index >= 15 is 0 Å². The molecule has 0 aromatic heterocycles. The summed E-state index contributed by atoms with van der Waals surface area (Å²) in [7, 11) is 0. The zero-order valence-corrected chi connectivity index (χ0v) is 13.5. The van der Waals surface area contributed by atoms with Crippen LogP contribution in [0, 0.1) is 5.92 Å². The summed E-state index contributed by atoms with van der Waals surface area (Å²) in [5.74, 6) is 0.809. The Morgan fingerprint density at radius 3 is 2.62 bits per heavy atom. The number of hydrogen-bond acceptors (Lipinski definition) is 3. The largest absolute Gasteiger partial charge is 0.374 e. The molecular weight excluding hydrogens is 260 g/mol. The average molecular weight is 290 g/mol. The first-order valence-electron chi connectivity index (χ1n) is 8.33. The van der Waals surface area contributed by atoms with E-state index in [1.165, 1.54) is 24.8 Å². The molecule has 2 N–H and O–H groups in total. The molecule has 1 aromatic rings. The normalized spacial score (nSPS) is 21.5. The maximum absolute atomic E-state index is 5.93. The lowest BCUT2D eigenvalue weighted by atomic mass is 9.82. The summed E-state index contributed by atoms with van der Waals surface area (Å²) >= 11 is 0. The van der Waals surface area contributed by atoms with Crippen LogP contribution < -0.4 is 10.6 Å². The summed E-state index contributed by atoms with van der Waals surface area (Å²) in [6.45, 7) is 8.51. The van der Waals surface area contributed by atoms with Crippen LogP contribution in [0.25, 0.3) is 0 Å². The van der Waals surface area contributed by atoms with Gasteiger partial charge in [0, 0.05) is 6.04 Å². The fourth-order valence-corrected chi connectivity index (χ4v) is 2.68. The summed E-state index contributed by atoms with van der Waals surface area (Å²) in [6.07, 6.45) is 4.10. The van der Waals surface area contributed by atoms with Crippen LogP contribution in [-0.4, -0.2) is 31.8 Å². The Bertz CT molecular complexity index is 374. The number of rotatable bonds is 10. The molecule has 1 aromatic carbocycles. The van der Waals surface area contributed by atoms with E-state index in [1.807, 2.05) is 6.07 Å². The summed E-state index contributed by atoms with van der Waals surface area (Å²) in [4.78, 5) is 0. The molecule has 0 spiro atoms. The van der Waals surface area contributed by atoms with Crippen LogP contribution in [0.4, 0.5) is 0 Å². The molecule has 0 heterocycles. The van der Waals surface area contributed by atoms with Crippen LogP contribution in [0.1, 0.15) is 38.7 Å². The monoisotopic (exact) mass is 290 g/mol. The molecular formula is C18H30N2O. The van der Waals surface area contributed by atoms with Crippen molar-refractivity contribution in [3.05, 3.63) is 35.9 Å². The Morgan fingerprint density at radius 1 is 1.14 bits per heavy atom. The Kier molecular flexibility index (Phi) is 7.20. The van der Waals surface area contributed by atoms with Gasteiger partial charge >= 0.3 is 0 Å². The van der Waals surface area contributed by atoms with E-state index in [0.717, 1.165) is 32.2 Å². The van der Waals surface area contributed by atoms with Gasteiger partial charge < -0.3 is 15.4 Å². The van der Waals surface area contributed by atoms with E-state index in [1.54, 1.807) is 0 Å². The molecule has 21 heavy (non-hydrogen) atoms. The molecule has 3 nitrogen and oxygen atoms in total. The van der Waals surface area contributed by atoms with Gasteiger partial charge in [0.2, 0.25) is 0 Å². The van der Waals surface area contributed by atoms with Crippen LogP contribution in [0.5, 0.6) is 0 Å². The quantitative estimate of drug-likeness (QED) is 0.650. The highest BCUT2D eigenvalue weighted by Gasteiger charge is 2.29. The minimum Gasteiger partial charge on any atom is -0.374 e. The topological polar surface area (TPSA) is 33.3 Å². The lowest BCUT2D eigenvalue weighted by Crippen LogP contribution is -2.38. The number of ether oxygens (including phenoxy) is 1. The van der Waals surface area contributed by atoms with Gasteiger partial charge in [-0.3, -0.25) is 0 Å². The molecule has 2 rings (SSSR count). The fourth-order valence-electron chi connectivity index (χ4n) is 2.68. The molecule has 1 aliphatic carbocycles. The third kappa shape index (κ3) is 6.60. The van der Waals surface area contributed by atoms with Crippen LogP contribution in [-0.2, 0) is 11.3 Å². The minimum absolute atomic E-state index is 0.472. The summed E-state index contributed by atoms with van der Waals surface area (Å²) in [6, 6.07) is 11.0. The molecule has 0 aliphatic heterocycles. The van der Waals surface area contributed by atoms with E-state index in [0.29, 0.717) is 12.1 Å². The maximum atomic E-state index is 5.93. The number of nitrogens with one attached hydrogen (secondary N) is 2. The van der Waals surface area contributed by atoms with Crippen LogP contribution in [0.3, 0.4) is 0 Å². The number of hydrogen-bond donors (Lipinski definition) is 2. The van der Waals surface area contributed by atoms with E-state index < -0.39 is 0 Å². The highest BCUT2D eigenvalue weighted by Crippen LogP contribution is 2.30. The Hall–Kier alpha value is -0.900. The first kappa shape index (κ1) is 16.5. The van der Waals surface area contributed by atoms with Gasteiger partial charge in [-0.15, -0.1) is 0 Å². The molecule has 1 aliphatic rings. The molecule has 0 radical (unpaired) electrons. The van der Waals surface area contributed by atoms with Gasteiger partial charge in [0.15, 0.2) is 0 Å². The molecule has 118 valence electrons. The second-order valence-electron chi connectivity index (χ2n) is 6.42. The van der Waals surface area contributed by atoms with Crippen molar-refractivity contribution in [1.29, 1.82) is 0 Å². The first-order chi connectivity index (χ1) is 10.2. The van der Waals surface area contributed by atoms with Gasteiger partial charge in [-0.1, -0.05) is 44.2 Å². The van der Waals surface area contributed by atoms with Gasteiger partial charge in [-0.2, -0.15) is 0 Å². The molecule has 0 bridgehead atoms. The van der Waals surface area contributed by atoms with E-state index in [4.69, 9.17) is 4.74 Å². The summed E-state index contributed by atoms with van der Waals surface area (Å²) < 4.78 is 5.93. The predicted molar refractivity (Wildman–Crippen MR) is 88.4 cm³/mol. The molecule has 0 amide bonds. The van der Waals surface area contributed by atoms with Crippen molar-refractivity contribution in [2.45, 2.75) is 51.9 Å². The van der Waals surface area contributed by atoms with Crippen molar-refractivity contribution in [2.75, 3.05) is 19.6 Å². The second kappa shape index (κ2) is 9.19. The van der Waals surface area contributed by atoms with E-state index in [9.17, 15) is 0 Å². The molecule has 3 heteroatoms. The maximum Gasteiger partial charge on any atom is 0.0720 e. The van der Waals surface area contributed by atoms with Gasteiger partial charge in [-0.05, 0) is 50.4 Å². The van der Waals surface area contributed by atoms with Gasteiger partial charge in [-0.25, -0.2) is 0 Å². The minimum atomic E-state index is 0.472. The molecule has 0 saturated heterocycles. The summed E-state index contributed by atoms with van der Waals surface area (Å²) in [5, 5.41) is 7.00. The van der Waals surface area contributed by atoms with Gasteiger partial charge in [0.1, 0.15) is 0 Å². The zero-order chi connectivity index (χ0) is 14.9. The SMILES string of the molecule is CC(C)NCCCNCC1CC(OCc2ccccc2)C1. The molecule has 1 fully saturated rings. The molecule has 1 saturated carbocycles. The highest BCUT2D eigenvalue weighted by molar-refractivity contribution is 5.13. The lowest BCUT2D eigenvalue weighted by molar-refractivity contribution is -0.0394. The van der Waals surface area contributed by atoms with Crippen molar-refractivity contribution >= 4 is 0 Å². The van der Waals surface area contributed by atoms with E-state index in [2.05, 4.69) is 48.7 Å². The average Bonchev–Trinajstić information content (AvgIpc) is 2.44. The number of benzene rings is 1. The predicted octanol–water partition coefficient (Wildman–Crippen LogP) is 2.96. The van der Waals surface area contributed by atoms with Crippen LogP contribution in [0.2, 0.25) is 0 Å². The molecule has 0 atom stereocenters. The van der Waals surface area contributed by atoms with Crippen LogP contribution in [0.15, 0.2) is 30.3 Å². The standard InChI is InChI=1S/C18H30N2O/c1-15(2)20-10-6-9-19-13-17-11-18(12-17)21-14-16-7-4-3-5-8-16/h3-5,7-8,15,17-20H,6,9-14H2,1-2H3. The Morgan fingerprint density at radius 2 is 1.90 bits per heavy atom. The van der Waals surface area contributed by atoms with Crippen molar-refractivity contribution in [3.63, 3.8) is 0 Å². The second-order valence-corrected chi connectivity index (χ2v) is 6.42. The highest BCUT2D eigenvalue weighted by atomic mass is 16.5. The Balaban J connectivity index is 1.43. The third-order valence-electron chi connectivity index (χ3n) is 4.04. The van der Waals surface area contributed by atoms with E-state index in [-0.39, 0.29) is 0 Å². The van der Waals surface area contributed by atoms with Crippen molar-refractivity contribution in [1.82, 2.24) is 10.6 Å². The third-order valence-corrected chi connectivity index (χ3v) is 4.04.